The molecule has 6 nitrogen and oxygen atoms in total. The van der Waals surface area contributed by atoms with E-state index >= 15 is 0 Å². The van der Waals surface area contributed by atoms with E-state index in [1.54, 1.807) is 0 Å². The van der Waals surface area contributed by atoms with Gasteiger partial charge in [0.15, 0.2) is 0 Å². The van der Waals surface area contributed by atoms with Crippen molar-refractivity contribution in [3.8, 4) is 0 Å². The van der Waals surface area contributed by atoms with Crippen LogP contribution >= 0.6 is 0 Å². The minimum Gasteiger partial charge on any atom is -0.480 e. The fourth-order valence-corrected chi connectivity index (χ4v) is 3.60. The molecule has 24 heavy (non-hydrogen) atoms. The monoisotopic (exact) mass is 347 g/mol. The molecule has 2 rings (SSSR count). The van der Waals surface area contributed by atoms with Gasteiger partial charge in [0.05, 0.1) is 6.54 Å². The Hall–Kier alpha value is -1.44. The maximum atomic E-state index is 13.3. The van der Waals surface area contributed by atoms with Gasteiger partial charge in [-0.3, -0.25) is 9.69 Å². The number of hydrogen-bond donors (Lipinski definition) is 3. The second-order valence-electron chi connectivity index (χ2n) is 6.95. The van der Waals surface area contributed by atoms with Crippen LogP contribution in [0.1, 0.15) is 45.4 Å². The SMILES string of the molecule is CCN(CC(=O)O)C1CC(NC(=O)NCC2CCCC(F)(F)C2)C1. The third kappa shape index (κ3) is 5.58. The molecule has 1 unspecified atom stereocenters. The Kier molecular flexibility index (Phi) is 6.37. The van der Waals surface area contributed by atoms with Crippen molar-refractivity contribution in [1.29, 1.82) is 0 Å². The van der Waals surface area contributed by atoms with E-state index in [-0.39, 0.29) is 50.0 Å². The third-order valence-electron chi connectivity index (χ3n) is 5.00. The molecule has 2 fully saturated rings. The van der Waals surface area contributed by atoms with Crippen LogP contribution in [0.2, 0.25) is 0 Å². The summed E-state index contributed by atoms with van der Waals surface area (Å²) in [6.07, 6.45) is 2.46. The van der Waals surface area contributed by atoms with Gasteiger partial charge >= 0.3 is 12.0 Å². The first-order valence-electron chi connectivity index (χ1n) is 8.67. The fraction of sp³-hybridized carbons (Fsp3) is 0.875. The number of aliphatic carboxylic acids is 1. The average Bonchev–Trinajstić information content (AvgIpc) is 2.45. The van der Waals surface area contributed by atoms with Gasteiger partial charge in [0.1, 0.15) is 0 Å². The molecule has 2 aliphatic carbocycles. The van der Waals surface area contributed by atoms with E-state index in [1.165, 1.54) is 0 Å². The summed E-state index contributed by atoms with van der Waals surface area (Å²) in [6, 6.07) is -0.132. The summed E-state index contributed by atoms with van der Waals surface area (Å²) >= 11 is 0. The van der Waals surface area contributed by atoms with E-state index in [0.29, 0.717) is 13.0 Å². The van der Waals surface area contributed by atoms with E-state index < -0.39 is 11.9 Å². The van der Waals surface area contributed by atoms with Crippen LogP contribution in [0.25, 0.3) is 0 Å². The standard InChI is InChI=1S/C16H27F2N3O3/c1-2-21(10-14(22)23)13-6-12(7-13)20-15(24)19-9-11-4-3-5-16(17,18)8-11/h11-13H,2-10H2,1H3,(H,22,23)(H2,19,20,24). The Morgan fingerprint density at radius 2 is 2.04 bits per heavy atom. The molecule has 138 valence electrons. The van der Waals surface area contributed by atoms with Crippen molar-refractivity contribution >= 4 is 12.0 Å². The number of alkyl halides is 2. The molecule has 0 heterocycles. The topological polar surface area (TPSA) is 81.7 Å². The first-order chi connectivity index (χ1) is 11.3. The smallest absolute Gasteiger partial charge is 0.317 e. The highest BCUT2D eigenvalue weighted by Crippen LogP contribution is 2.36. The number of carboxylic acid groups (broad SMARTS) is 1. The lowest BCUT2D eigenvalue weighted by atomic mass is 9.85. The number of hydrogen-bond acceptors (Lipinski definition) is 3. The van der Waals surface area contributed by atoms with Crippen molar-refractivity contribution < 1.29 is 23.5 Å². The van der Waals surface area contributed by atoms with Gasteiger partial charge in [-0.1, -0.05) is 6.92 Å². The number of nitrogens with one attached hydrogen (secondary N) is 2. The van der Waals surface area contributed by atoms with E-state index in [1.807, 2.05) is 11.8 Å². The number of nitrogens with zero attached hydrogens (tertiary/aromatic N) is 1. The van der Waals surface area contributed by atoms with Gasteiger partial charge in [0.25, 0.3) is 0 Å². The van der Waals surface area contributed by atoms with Crippen LogP contribution in [0.3, 0.4) is 0 Å². The van der Waals surface area contributed by atoms with Crippen LogP contribution in [0.4, 0.5) is 13.6 Å². The molecule has 2 saturated carbocycles. The van der Waals surface area contributed by atoms with Crippen LogP contribution < -0.4 is 10.6 Å². The maximum Gasteiger partial charge on any atom is 0.317 e. The van der Waals surface area contributed by atoms with Crippen LogP contribution in [-0.4, -0.2) is 59.6 Å². The number of halogens is 2. The molecule has 0 aromatic rings. The van der Waals surface area contributed by atoms with Gasteiger partial charge in [0.2, 0.25) is 5.92 Å². The van der Waals surface area contributed by atoms with Crippen molar-refractivity contribution in [3.05, 3.63) is 0 Å². The van der Waals surface area contributed by atoms with Gasteiger partial charge in [-0.2, -0.15) is 0 Å². The normalized spacial score (nSPS) is 28.9. The summed E-state index contributed by atoms with van der Waals surface area (Å²) in [6.45, 7) is 2.86. The number of urea groups is 1. The number of carbonyl (C=O) groups is 2. The van der Waals surface area contributed by atoms with Crippen LogP contribution in [-0.2, 0) is 4.79 Å². The summed E-state index contributed by atoms with van der Waals surface area (Å²) in [7, 11) is 0. The van der Waals surface area contributed by atoms with Gasteiger partial charge in [-0.15, -0.1) is 0 Å². The molecule has 0 aromatic carbocycles. The zero-order chi connectivity index (χ0) is 17.7. The van der Waals surface area contributed by atoms with Crippen LogP contribution in [0.5, 0.6) is 0 Å². The van der Waals surface area contributed by atoms with E-state index in [4.69, 9.17) is 5.11 Å². The molecule has 8 heteroatoms. The molecule has 0 aromatic heterocycles. The predicted molar refractivity (Wildman–Crippen MR) is 85.1 cm³/mol. The predicted octanol–water partition coefficient (Wildman–Crippen LogP) is 2.05. The number of carbonyl (C=O) groups excluding carboxylic acids is 1. The number of likely N-dealkylation sites (N-methyl/N-ethyl adjacent to an activating group) is 1. The third-order valence-corrected chi connectivity index (χ3v) is 5.00. The van der Waals surface area contributed by atoms with Gasteiger partial charge < -0.3 is 15.7 Å². The summed E-state index contributed by atoms with van der Waals surface area (Å²) in [4.78, 5) is 24.5. The Morgan fingerprint density at radius 1 is 1.33 bits per heavy atom. The van der Waals surface area contributed by atoms with E-state index in [2.05, 4.69) is 10.6 Å². The van der Waals surface area contributed by atoms with Crippen LogP contribution in [0.15, 0.2) is 0 Å². The first-order valence-corrected chi connectivity index (χ1v) is 8.67. The van der Waals surface area contributed by atoms with Gasteiger partial charge in [-0.05, 0) is 38.1 Å². The lowest BCUT2D eigenvalue weighted by Gasteiger charge is -2.42. The van der Waals surface area contributed by atoms with Crippen molar-refractivity contribution in [2.24, 2.45) is 5.92 Å². The zero-order valence-corrected chi connectivity index (χ0v) is 14.1. The summed E-state index contributed by atoms with van der Waals surface area (Å²) in [5.41, 5.74) is 0. The van der Waals surface area contributed by atoms with Crippen molar-refractivity contribution in [1.82, 2.24) is 15.5 Å². The maximum absolute atomic E-state index is 13.3. The summed E-state index contributed by atoms with van der Waals surface area (Å²) < 4.78 is 26.6. The van der Waals surface area contributed by atoms with E-state index in [9.17, 15) is 18.4 Å². The molecule has 2 amide bonds. The minimum absolute atomic E-state index is 0.00990. The average molecular weight is 347 g/mol. The Balaban J connectivity index is 1.63. The van der Waals surface area contributed by atoms with Gasteiger partial charge in [0, 0.05) is 31.5 Å². The van der Waals surface area contributed by atoms with Crippen molar-refractivity contribution in [2.75, 3.05) is 19.6 Å². The second-order valence-corrected chi connectivity index (χ2v) is 6.95. The molecule has 2 aliphatic rings. The van der Waals surface area contributed by atoms with Crippen molar-refractivity contribution in [2.45, 2.75) is 63.5 Å². The lowest BCUT2D eigenvalue weighted by molar-refractivity contribution is -0.139. The molecule has 1 atom stereocenters. The largest absolute Gasteiger partial charge is 0.480 e. The Morgan fingerprint density at radius 3 is 2.62 bits per heavy atom. The minimum atomic E-state index is -2.60. The van der Waals surface area contributed by atoms with E-state index in [0.717, 1.165) is 19.3 Å². The molecule has 0 aliphatic heterocycles. The summed E-state index contributed by atoms with van der Waals surface area (Å²) in [5, 5.41) is 14.4. The van der Waals surface area contributed by atoms with Crippen LogP contribution in [0, 0.1) is 5.92 Å². The highest BCUT2D eigenvalue weighted by Gasteiger charge is 2.37. The molecule has 0 bridgehead atoms. The highest BCUT2D eigenvalue weighted by atomic mass is 19.3. The first kappa shape index (κ1) is 18.9. The molecular weight excluding hydrogens is 320 g/mol. The zero-order valence-electron chi connectivity index (χ0n) is 14.1. The highest BCUT2D eigenvalue weighted by molar-refractivity contribution is 5.74. The quantitative estimate of drug-likeness (QED) is 0.658. The lowest BCUT2D eigenvalue weighted by Crippen LogP contribution is -2.56. The fourth-order valence-electron chi connectivity index (χ4n) is 3.60. The Labute approximate surface area is 141 Å². The van der Waals surface area contributed by atoms with Gasteiger partial charge in [-0.25, -0.2) is 13.6 Å². The number of carboxylic acids is 1. The number of rotatable bonds is 7. The number of amides is 2. The second kappa shape index (κ2) is 8.09. The van der Waals surface area contributed by atoms with Crippen molar-refractivity contribution in [3.63, 3.8) is 0 Å². The molecule has 0 spiro atoms. The summed E-state index contributed by atoms with van der Waals surface area (Å²) in [5.74, 6) is -3.62. The molecule has 3 N–H and O–H groups in total. The molecule has 0 saturated heterocycles. The molecular formula is C16H27F2N3O3. The molecule has 0 radical (unpaired) electrons. The Bertz CT molecular complexity index is 456.